The number of nitrogens with one attached hydrogen (secondary N) is 2. The van der Waals surface area contributed by atoms with Crippen molar-refractivity contribution >= 4 is 5.96 Å². The zero-order valence-corrected chi connectivity index (χ0v) is 13.5. The zero-order chi connectivity index (χ0) is 17.1. The molecule has 0 aliphatic rings. The molecule has 130 valence electrons. The van der Waals surface area contributed by atoms with Crippen LogP contribution in [0.3, 0.4) is 0 Å². The summed E-state index contributed by atoms with van der Waals surface area (Å²) >= 11 is 0. The molecule has 23 heavy (non-hydrogen) atoms. The fourth-order valence-corrected chi connectivity index (χ4v) is 1.79. The van der Waals surface area contributed by atoms with E-state index in [0.29, 0.717) is 25.7 Å². The van der Waals surface area contributed by atoms with E-state index in [4.69, 9.17) is 4.74 Å². The molecule has 0 fully saturated rings. The Bertz CT molecular complexity index is 490. The van der Waals surface area contributed by atoms with Gasteiger partial charge in [-0.25, -0.2) is 4.99 Å². The van der Waals surface area contributed by atoms with Crippen molar-refractivity contribution in [3.8, 4) is 5.75 Å². The maximum atomic E-state index is 12.2. The van der Waals surface area contributed by atoms with Crippen LogP contribution in [0.25, 0.3) is 0 Å². The summed E-state index contributed by atoms with van der Waals surface area (Å²) in [5.41, 5.74) is 0.937. The lowest BCUT2D eigenvalue weighted by molar-refractivity contribution is -0.132. The van der Waals surface area contributed by atoms with Crippen LogP contribution >= 0.6 is 0 Å². The number of ether oxygens (including phenoxy) is 1. The molecule has 1 aromatic carbocycles. The SMILES string of the molecule is CCCOc1cccc(CN=C(NCC)NCCC(F)(F)F)c1. The zero-order valence-electron chi connectivity index (χ0n) is 13.5. The summed E-state index contributed by atoms with van der Waals surface area (Å²) in [6.45, 7) is 5.29. The maximum absolute atomic E-state index is 12.2. The van der Waals surface area contributed by atoms with Gasteiger partial charge in [-0.2, -0.15) is 13.2 Å². The van der Waals surface area contributed by atoms with Crippen molar-refractivity contribution in [1.82, 2.24) is 10.6 Å². The van der Waals surface area contributed by atoms with Crippen molar-refractivity contribution in [2.75, 3.05) is 19.7 Å². The minimum Gasteiger partial charge on any atom is -0.494 e. The van der Waals surface area contributed by atoms with E-state index in [0.717, 1.165) is 17.7 Å². The van der Waals surface area contributed by atoms with Gasteiger partial charge in [0, 0.05) is 13.1 Å². The Morgan fingerprint density at radius 1 is 1.22 bits per heavy atom. The van der Waals surface area contributed by atoms with Gasteiger partial charge in [0.05, 0.1) is 19.6 Å². The first-order chi connectivity index (χ1) is 10.9. The van der Waals surface area contributed by atoms with E-state index in [1.807, 2.05) is 38.1 Å². The molecular weight excluding hydrogens is 307 g/mol. The Kier molecular flexibility index (Phi) is 8.29. The third kappa shape index (κ3) is 8.95. The van der Waals surface area contributed by atoms with Crippen LogP contribution in [0, 0.1) is 0 Å². The standard InChI is InChI=1S/C16H24F3N3O/c1-3-10-23-14-7-5-6-13(11-14)12-22-15(20-4-2)21-9-8-16(17,18)19/h5-7,11H,3-4,8-10,12H2,1-2H3,(H2,20,21,22). The predicted molar refractivity (Wildman–Crippen MR) is 85.7 cm³/mol. The minimum atomic E-state index is -4.17. The van der Waals surface area contributed by atoms with Gasteiger partial charge in [-0.1, -0.05) is 19.1 Å². The Balaban J connectivity index is 2.58. The highest BCUT2D eigenvalue weighted by molar-refractivity contribution is 5.79. The highest BCUT2D eigenvalue weighted by atomic mass is 19.4. The predicted octanol–water partition coefficient (Wildman–Crippen LogP) is 3.48. The number of hydrogen-bond donors (Lipinski definition) is 2. The molecule has 0 aliphatic heterocycles. The molecule has 0 aromatic heterocycles. The smallest absolute Gasteiger partial charge is 0.390 e. The molecule has 0 aliphatic carbocycles. The largest absolute Gasteiger partial charge is 0.494 e. The lowest BCUT2D eigenvalue weighted by Gasteiger charge is -2.12. The molecule has 0 heterocycles. The van der Waals surface area contributed by atoms with E-state index in [1.54, 1.807) is 0 Å². The summed E-state index contributed by atoms with van der Waals surface area (Å²) in [5.74, 6) is 1.14. The first kappa shape index (κ1) is 19.1. The maximum Gasteiger partial charge on any atom is 0.390 e. The molecule has 0 spiro atoms. The topological polar surface area (TPSA) is 45.6 Å². The normalized spacial score (nSPS) is 12.1. The molecule has 1 aromatic rings. The molecule has 0 unspecified atom stereocenters. The second kappa shape index (κ2) is 9.97. The number of hydrogen-bond acceptors (Lipinski definition) is 2. The lowest BCUT2D eigenvalue weighted by Crippen LogP contribution is -2.38. The molecule has 0 saturated carbocycles. The monoisotopic (exact) mass is 331 g/mol. The van der Waals surface area contributed by atoms with Crippen LogP contribution < -0.4 is 15.4 Å². The number of guanidine groups is 1. The molecular formula is C16H24F3N3O. The average Bonchev–Trinajstić information content (AvgIpc) is 2.50. The molecule has 2 N–H and O–H groups in total. The molecule has 1 rings (SSSR count). The molecule has 0 atom stereocenters. The van der Waals surface area contributed by atoms with E-state index in [-0.39, 0.29) is 6.54 Å². The van der Waals surface area contributed by atoms with Crippen LogP contribution in [0.4, 0.5) is 13.2 Å². The van der Waals surface area contributed by atoms with Gasteiger partial charge in [-0.05, 0) is 31.0 Å². The van der Waals surface area contributed by atoms with Crippen molar-refractivity contribution in [2.24, 2.45) is 4.99 Å². The number of aliphatic imine (C=N–C) groups is 1. The minimum absolute atomic E-state index is 0.199. The Labute approximate surface area is 135 Å². The van der Waals surface area contributed by atoms with Gasteiger partial charge in [0.1, 0.15) is 5.75 Å². The number of alkyl halides is 3. The Morgan fingerprint density at radius 3 is 2.65 bits per heavy atom. The Morgan fingerprint density at radius 2 is 2.00 bits per heavy atom. The summed E-state index contributed by atoms with van der Waals surface area (Å²) in [5, 5.41) is 5.61. The third-order valence-electron chi connectivity index (χ3n) is 2.84. The van der Waals surface area contributed by atoms with Gasteiger partial charge in [-0.3, -0.25) is 0 Å². The van der Waals surface area contributed by atoms with Crippen LogP contribution in [-0.4, -0.2) is 31.8 Å². The van der Waals surface area contributed by atoms with E-state index in [1.165, 1.54) is 0 Å². The van der Waals surface area contributed by atoms with Gasteiger partial charge >= 0.3 is 6.18 Å². The third-order valence-corrected chi connectivity index (χ3v) is 2.84. The number of halogens is 3. The molecule has 0 bridgehead atoms. The summed E-state index contributed by atoms with van der Waals surface area (Å²) in [6.07, 6.45) is -4.14. The molecule has 7 heteroatoms. The van der Waals surface area contributed by atoms with Crippen molar-refractivity contribution in [2.45, 2.75) is 39.4 Å². The summed E-state index contributed by atoms with van der Waals surface area (Å²) in [4.78, 5) is 4.30. The fraction of sp³-hybridized carbons (Fsp3) is 0.562. The van der Waals surface area contributed by atoms with Crippen molar-refractivity contribution in [1.29, 1.82) is 0 Å². The van der Waals surface area contributed by atoms with Gasteiger partial charge in [0.25, 0.3) is 0 Å². The van der Waals surface area contributed by atoms with Gasteiger partial charge in [0.2, 0.25) is 0 Å². The van der Waals surface area contributed by atoms with Gasteiger partial charge < -0.3 is 15.4 Å². The molecule has 4 nitrogen and oxygen atoms in total. The van der Waals surface area contributed by atoms with Gasteiger partial charge in [0.15, 0.2) is 5.96 Å². The van der Waals surface area contributed by atoms with Crippen molar-refractivity contribution < 1.29 is 17.9 Å². The number of benzene rings is 1. The molecule has 0 radical (unpaired) electrons. The summed E-state index contributed by atoms with van der Waals surface area (Å²) in [7, 11) is 0. The quantitative estimate of drug-likeness (QED) is 0.566. The Hall–Kier alpha value is -1.92. The second-order valence-corrected chi connectivity index (χ2v) is 4.98. The molecule has 0 amide bonds. The van der Waals surface area contributed by atoms with E-state index >= 15 is 0 Å². The fourth-order valence-electron chi connectivity index (χ4n) is 1.79. The van der Waals surface area contributed by atoms with Crippen LogP contribution in [0.2, 0.25) is 0 Å². The number of rotatable bonds is 8. The lowest BCUT2D eigenvalue weighted by atomic mass is 10.2. The van der Waals surface area contributed by atoms with E-state index < -0.39 is 12.6 Å². The summed E-state index contributed by atoms with van der Waals surface area (Å²) < 4.78 is 42.1. The first-order valence-corrected chi connectivity index (χ1v) is 7.75. The van der Waals surface area contributed by atoms with Crippen LogP contribution in [-0.2, 0) is 6.54 Å². The van der Waals surface area contributed by atoms with Crippen molar-refractivity contribution in [3.05, 3.63) is 29.8 Å². The van der Waals surface area contributed by atoms with E-state index in [2.05, 4.69) is 15.6 Å². The second-order valence-electron chi connectivity index (χ2n) is 4.98. The summed E-state index contributed by atoms with van der Waals surface area (Å²) in [6, 6.07) is 7.54. The highest BCUT2D eigenvalue weighted by Gasteiger charge is 2.26. The van der Waals surface area contributed by atoms with Crippen LogP contribution in [0.1, 0.15) is 32.3 Å². The van der Waals surface area contributed by atoms with Gasteiger partial charge in [-0.15, -0.1) is 0 Å². The van der Waals surface area contributed by atoms with Crippen LogP contribution in [0.5, 0.6) is 5.75 Å². The number of nitrogens with zero attached hydrogens (tertiary/aromatic N) is 1. The highest BCUT2D eigenvalue weighted by Crippen LogP contribution is 2.18. The molecule has 0 saturated heterocycles. The van der Waals surface area contributed by atoms with E-state index in [9.17, 15) is 13.2 Å². The van der Waals surface area contributed by atoms with Crippen molar-refractivity contribution in [3.63, 3.8) is 0 Å². The first-order valence-electron chi connectivity index (χ1n) is 7.75. The van der Waals surface area contributed by atoms with Crippen LogP contribution in [0.15, 0.2) is 29.3 Å². The average molecular weight is 331 g/mol.